The third-order valence-corrected chi connectivity index (χ3v) is 5.07. The molecule has 1 nitrogen and oxygen atoms in total. The fourth-order valence-electron chi connectivity index (χ4n) is 2.47. The molecule has 0 aliphatic carbocycles. The van der Waals surface area contributed by atoms with Crippen LogP contribution >= 0.6 is 27.3 Å². The summed E-state index contributed by atoms with van der Waals surface area (Å²) >= 11 is 5.18. The van der Waals surface area contributed by atoms with E-state index < -0.39 is 0 Å². The van der Waals surface area contributed by atoms with Gasteiger partial charge in [0.05, 0.1) is 9.83 Å². The maximum Gasteiger partial charge on any atom is 0.131 e. The minimum atomic E-state index is -0.174. The van der Waals surface area contributed by atoms with Gasteiger partial charge in [-0.25, -0.2) is 4.39 Å². The second-order valence-corrected chi connectivity index (χ2v) is 7.04. The quantitative estimate of drug-likeness (QED) is 0.692. The highest BCUT2D eigenvalue weighted by atomic mass is 79.9. The van der Waals surface area contributed by atoms with Gasteiger partial charge in [0, 0.05) is 10.3 Å². The van der Waals surface area contributed by atoms with Gasteiger partial charge in [-0.3, -0.25) is 0 Å². The van der Waals surface area contributed by atoms with Crippen molar-refractivity contribution in [2.24, 2.45) is 0 Å². The predicted molar refractivity (Wildman–Crippen MR) is 86.8 cm³/mol. The van der Waals surface area contributed by atoms with Gasteiger partial charge in [-0.2, -0.15) is 0 Å². The number of fused-ring (bicyclic) bond motifs is 1. The first-order chi connectivity index (χ1) is 9.70. The summed E-state index contributed by atoms with van der Waals surface area (Å²) < 4.78 is 15.0. The molecule has 4 heteroatoms. The van der Waals surface area contributed by atoms with Crippen LogP contribution in [0.5, 0.6) is 0 Å². The van der Waals surface area contributed by atoms with E-state index in [1.807, 2.05) is 43.4 Å². The Hall–Kier alpha value is -1.23. The van der Waals surface area contributed by atoms with Crippen LogP contribution in [0.2, 0.25) is 0 Å². The van der Waals surface area contributed by atoms with Gasteiger partial charge in [-0.1, -0.05) is 30.3 Å². The number of thiophene rings is 1. The lowest BCUT2D eigenvalue weighted by Gasteiger charge is -2.17. The van der Waals surface area contributed by atoms with E-state index in [9.17, 15) is 4.39 Å². The molecule has 0 spiro atoms. The van der Waals surface area contributed by atoms with Crippen LogP contribution in [0.3, 0.4) is 0 Å². The Morgan fingerprint density at radius 3 is 2.45 bits per heavy atom. The van der Waals surface area contributed by atoms with Gasteiger partial charge in [-0.15, -0.1) is 11.3 Å². The fraction of sp³-hybridized carbons (Fsp3) is 0.125. The molecule has 0 aliphatic heterocycles. The molecular formula is C16H13BrFNS. The van der Waals surface area contributed by atoms with Crippen molar-refractivity contribution in [3.05, 3.63) is 68.6 Å². The van der Waals surface area contributed by atoms with E-state index in [-0.39, 0.29) is 11.9 Å². The van der Waals surface area contributed by atoms with E-state index in [1.54, 1.807) is 17.4 Å². The van der Waals surface area contributed by atoms with Gasteiger partial charge in [0.1, 0.15) is 5.82 Å². The van der Waals surface area contributed by atoms with Gasteiger partial charge in [0.25, 0.3) is 0 Å². The van der Waals surface area contributed by atoms with Crippen molar-refractivity contribution >= 4 is 38.0 Å². The highest BCUT2D eigenvalue weighted by Gasteiger charge is 2.17. The van der Waals surface area contributed by atoms with Crippen molar-refractivity contribution in [1.29, 1.82) is 0 Å². The van der Waals surface area contributed by atoms with Crippen LogP contribution in [-0.4, -0.2) is 7.05 Å². The molecule has 102 valence electrons. The first kappa shape index (κ1) is 13.7. The normalized spacial score (nSPS) is 12.8. The van der Waals surface area contributed by atoms with Crippen molar-refractivity contribution < 1.29 is 4.39 Å². The van der Waals surface area contributed by atoms with E-state index >= 15 is 0 Å². The van der Waals surface area contributed by atoms with E-state index in [0.29, 0.717) is 5.39 Å². The van der Waals surface area contributed by atoms with Crippen LogP contribution in [0.15, 0.2) is 52.3 Å². The molecule has 0 amide bonds. The predicted octanol–water partition coefficient (Wildman–Crippen LogP) is 5.11. The molecule has 0 bridgehead atoms. The third-order valence-electron chi connectivity index (χ3n) is 3.38. The number of benzene rings is 2. The Kier molecular flexibility index (Phi) is 3.87. The molecule has 0 fully saturated rings. The first-order valence-corrected chi connectivity index (χ1v) is 7.91. The molecule has 2 aromatic carbocycles. The van der Waals surface area contributed by atoms with E-state index in [4.69, 9.17) is 0 Å². The molecule has 1 heterocycles. The summed E-state index contributed by atoms with van der Waals surface area (Å²) in [7, 11) is 1.93. The summed E-state index contributed by atoms with van der Waals surface area (Å²) in [4.78, 5) is 1.20. The van der Waals surface area contributed by atoms with Crippen LogP contribution in [-0.2, 0) is 0 Å². The van der Waals surface area contributed by atoms with E-state index in [1.165, 1.54) is 4.88 Å². The Labute approximate surface area is 129 Å². The van der Waals surface area contributed by atoms with Crippen molar-refractivity contribution in [2.75, 3.05) is 7.05 Å². The van der Waals surface area contributed by atoms with Gasteiger partial charge in [0.15, 0.2) is 0 Å². The van der Waals surface area contributed by atoms with Crippen molar-refractivity contribution in [1.82, 2.24) is 5.32 Å². The number of hydrogen-bond donors (Lipinski definition) is 1. The maximum absolute atomic E-state index is 13.9. The topological polar surface area (TPSA) is 12.0 Å². The number of rotatable bonds is 3. The average Bonchev–Trinajstić information content (AvgIpc) is 2.89. The van der Waals surface area contributed by atoms with Gasteiger partial charge in [-0.05, 0) is 52.1 Å². The Balaban J connectivity index is 2.20. The monoisotopic (exact) mass is 349 g/mol. The lowest BCUT2D eigenvalue weighted by Crippen LogP contribution is -2.16. The van der Waals surface area contributed by atoms with Crippen LogP contribution < -0.4 is 5.32 Å². The molecule has 0 aliphatic rings. The number of hydrogen-bond acceptors (Lipinski definition) is 2. The van der Waals surface area contributed by atoms with Gasteiger partial charge < -0.3 is 5.32 Å². The Morgan fingerprint density at radius 2 is 1.80 bits per heavy atom. The molecule has 20 heavy (non-hydrogen) atoms. The van der Waals surface area contributed by atoms with Crippen LogP contribution in [0.1, 0.15) is 16.5 Å². The van der Waals surface area contributed by atoms with E-state index in [0.717, 1.165) is 14.7 Å². The summed E-state index contributed by atoms with van der Waals surface area (Å²) in [6.45, 7) is 0. The third kappa shape index (κ3) is 2.39. The molecule has 1 N–H and O–H groups in total. The SMILES string of the molecule is CNC(c1ccc(Br)s1)c1ccc(F)c2ccccc12. The van der Waals surface area contributed by atoms with Gasteiger partial charge >= 0.3 is 0 Å². The van der Waals surface area contributed by atoms with Crippen molar-refractivity contribution in [3.63, 3.8) is 0 Å². The Morgan fingerprint density at radius 1 is 1.05 bits per heavy atom. The average molecular weight is 350 g/mol. The number of nitrogens with one attached hydrogen (secondary N) is 1. The van der Waals surface area contributed by atoms with Crippen LogP contribution in [0, 0.1) is 5.82 Å². The molecule has 0 saturated heterocycles. The summed E-state index contributed by atoms with van der Waals surface area (Å²) in [6, 6.07) is 15.2. The summed E-state index contributed by atoms with van der Waals surface area (Å²) in [5.74, 6) is -0.174. The summed E-state index contributed by atoms with van der Waals surface area (Å²) in [5.41, 5.74) is 1.10. The fourth-order valence-corrected chi connectivity index (χ4v) is 4.02. The lowest BCUT2D eigenvalue weighted by molar-refractivity contribution is 0.637. The molecule has 1 atom stereocenters. The molecule has 3 rings (SSSR count). The largest absolute Gasteiger partial charge is 0.309 e. The zero-order valence-electron chi connectivity index (χ0n) is 10.9. The van der Waals surface area contributed by atoms with Gasteiger partial charge in [0.2, 0.25) is 0 Å². The van der Waals surface area contributed by atoms with Crippen LogP contribution in [0.4, 0.5) is 4.39 Å². The molecule has 3 aromatic rings. The smallest absolute Gasteiger partial charge is 0.131 e. The van der Waals surface area contributed by atoms with Crippen molar-refractivity contribution in [3.8, 4) is 0 Å². The second kappa shape index (κ2) is 5.64. The lowest BCUT2D eigenvalue weighted by atomic mass is 9.97. The first-order valence-electron chi connectivity index (χ1n) is 6.30. The second-order valence-electron chi connectivity index (χ2n) is 4.55. The summed E-state index contributed by atoms with van der Waals surface area (Å²) in [6.07, 6.45) is 0. The van der Waals surface area contributed by atoms with E-state index in [2.05, 4.69) is 27.3 Å². The maximum atomic E-state index is 13.9. The Bertz CT molecular complexity index is 753. The minimum Gasteiger partial charge on any atom is -0.309 e. The minimum absolute atomic E-state index is 0.0665. The zero-order valence-corrected chi connectivity index (χ0v) is 13.3. The van der Waals surface area contributed by atoms with Crippen LogP contribution in [0.25, 0.3) is 10.8 Å². The highest BCUT2D eigenvalue weighted by Crippen LogP contribution is 2.34. The standard InChI is InChI=1S/C16H13BrFNS/c1-19-16(14-8-9-15(17)20-14)12-6-7-13(18)11-5-3-2-4-10(11)12/h2-9,16,19H,1H3. The molecule has 1 unspecified atom stereocenters. The van der Waals surface area contributed by atoms with Crippen molar-refractivity contribution in [2.45, 2.75) is 6.04 Å². The summed E-state index contributed by atoms with van der Waals surface area (Å²) in [5, 5.41) is 4.95. The zero-order chi connectivity index (χ0) is 14.1. The molecule has 1 aromatic heterocycles. The molecule has 0 saturated carbocycles. The highest BCUT2D eigenvalue weighted by molar-refractivity contribution is 9.11. The molecular weight excluding hydrogens is 337 g/mol. The number of halogens is 2. The molecule has 0 radical (unpaired) electrons.